The van der Waals surface area contributed by atoms with Crippen LogP contribution in [0, 0.1) is 0 Å². The molecule has 0 saturated heterocycles. The molecule has 0 unspecified atom stereocenters. The minimum Gasteiger partial charge on any atom is -0.297 e. The lowest BCUT2D eigenvalue weighted by molar-refractivity contribution is 0.101. The molecule has 1 amide bonds. The van der Waals surface area contributed by atoms with Crippen molar-refractivity contribution >= 4 is 22.4 Å². The molecule has 2 heterocycles. The molecule has 100 valence electrons. The highest BCUT2D eigenvalue weighted by atomic mass is 32.1. The van der Waals surface area contributed by atoms with E-state index in [9.17, 15) is 4.79 Å². The molecule has 0 atom stereocenters. The molecule has 0 spiro atoms. The number of hydrogen-bond donors (Lipinski definition) is 1. The maximum atomic E-state index is 12.2. The first-order chi connectivity index (χ1) is 9.74. The van der Waals surface area contributed by atoms with E-state index in [0.29, 0.717) is 10.8 Å². The smallest absolute Gasteiger partial charge is 0.275 e. The van der Waals surface area contributed by atoms with Crippen molar-refractivity contribution in [2.45, 2.75) is 0 Å². The summed E-state index contributed by atoms with van der Waals surface area (Å²) in [4.78, 5) is 16.2. The zero-order chi connectivity index (χ0) is 13.9. The number of rotatable bonds is 3. The van der Waals surface area contributed by atoms with Gasteiger partial charge in [0.2, 0.25) is 0 Å². The lowest BCUT2D eigenvalue weighted by Crippen LogP contribution is -2.15. The van der Waals surface area contributed by atoms with E-state index in [1.165, 1.54) is 11.3 Å². The molecule has 6 heteroatoms. The Morgan fingerprint density at radius 1 is 1.30 bits per heavy atom. The van der Waals surface area contributed by atoms with Gasteiger partial charge in [0.15, 0.2) is 5.13 Å². The third-order valence-corrected chi connectivity index (χ3v) is 3.52. The molecule has 20 heavy (non-hydrogen) atoms. The number of hydrogen-bond acceptors (Lipinski definition) is 4. The van der Waals surface area contributed by atoms with Crippen LogP contribution in [0.1, 0.15) is 10.5 Å². The van der Waals surface area contributed by atoms with Gasteiger partial charge < -0.3 is 0 Å². The Kier molecular flexibility index (Phi) is 3.30. The number of thiazole rings is 1. The van der Waals surface area contributed by atoms with Crippen LogP contribution in [0.5, 0.6) is 0 Å². The minimum atomic E-state index is -0.211. The second-order valence-electron chi connectivity index (χ2n) is 4.20. The summed E-state index contributed by atoms with van der Waals surface area (Å²) in [5, 5.41) is 9.52. The number of amides is 1. The van der Waals surface area contributed by atoms with E-state index in [0.717, 1.165) is 11.3 Å². The summed E-state index contributed by atoms with van der Waals surface area (Å²) in [6.45, 7) is 0. The molecule has 0 aliphatic heterocycles. The standard InChI is InChI=1S/C14H12N4OS/c1-18-12(13(19)16-14-15-7-8-20-14)9-11(17-18)10-5-3-2-4-6-10/h2-9H,1H3,(H,15,16,19). The molecule has 0 fully saturated rings. The molecule has 0 aliphatic rings. The quantitative estimate of drug-likeness (QED) is 0.804. The van der Waals surface area contributed by atoms with Crippen molar-refractivity contribution in [2.75, 3.05) is 5.32 Å². The second kappa shape index (κ2) is 5.26. The van der Waals surface area contributed by atoms with Gasteiger partial charge in [-0.25, -0.2) is 4.98 Å². The van der Waals surface area contributed by atoms with Crippen molar-refractivity contribution in [1.82, 2.24) is 14.8 Å². The average Bonchev–Trinajstić information content (AvgIpc) is 3.09. The van der Waals surface area contributed by atoms with E-state index in [4.69, 9.17) is 0 Å². The predicted molar refractivity (Wildman–Crippen MR) is 78.7 cm³/mol. The molecule has 1 N–H and O–H groups in total. The highest BCUT2D eigenvalue weighted by Gasteiger charge is 2.15. The maximum Gasteiger partial charge on any atom is 0.275 e. The Labute approximate surface area is 119 Å². The summed E-state index contributed by atoms with van der Waals surface area (Å²) < 4.78 is 1.57. The topological polar surface area (TPSA) is 59.8 Å². The van der Waals surface area contributed by atoms with Gasteiger partial charge in [0.25, 0.3) is 5.91 Å². The van der Waals surface area contributed by atoms with Crippen molar-refractivity contribution in [3.05, 3.63) is 53.7 Å². The third-order valence-electron chi connectivity index (χ3n) is 2.83. The fourth-order valence-electron chi connectivity index (χ4n) is 1.88. The zero-order valence-electron chi connectivity index (χ0n) is 10.8. The number of carbonyl (C=O) groups is 1. The lowest BCUT2D eigenvalue weighted by atomic mass is 10.1. The van der Waals surface area contributed by atoms with Crippen LogP contribution >= 0.6 is 11.3 Å². The fraction of sp³-hybridized carbons (Fsp3) is 0.0714. The summed E-state index contributed by atoms with van der Waals surface area (Å²) in [5.74, 6) is -0.211. The van der Waals surface area contributed by atoms with Crippen molar-refractivity contribution in [1.29, 1.82) is 0 Å². The number of benzene rings is 1. The summed E-state index contributed by atoms with van der Waals surface area (Å²) in [7, 11) is 1.75. The molecular weight excluding hydrogens is 272 g/mol. The highest BCUT2D eigenvalue weighted by molar-refractivity contribution is 7.13. The van der Waals surface area contributed by atoms with E-state index in [1.54, 1.807) is 24.0 Å². The van der Waals surface area contributed by atoms with Crippen molar-refractivity contribution in [3.63, 3.8) is 0 Å². The second-order valence-corrected chi connectivity index (χ2v) is 5.09. The molecule has 3 rings (SSSR count). The third kappa shape index (κ3) is 2.46. The van der Waals surface area contributed by atoms with E-state index >= 15 is 0 Å². The van der Waals surface area contributed by atoms with Crippen molar-refractivity contribution in [3.8, 4) is 11.3 Å². The van der Waals surface area contributed by atoms with Gasteiger partial charge in [-0.1, -0.05) is 30.3 Å². The predicted octanol–water partition coefficient (Wildman–Crippen LogP) is 2.80. The molecule has 1 aromatic carbocycles. The van der Waals surface area contributed by atoms with Gasteiger partial charge in [-0.3, -0.25) is 14.8 Å². The van der Waals surface area contributed by atoms with Crippen molar-refractivity contribution in [2.24, 2.45) is 7.05 Å². The number of carbonyl (C=O) groups excluding carboxylic acids is 1. The van der Waals surface area contributed by atoms with E-state index in [2.05, 4.69) is 15.4 Å². The molecule has 2 aromatic heterocycles. The highest BCUT2D eigenvalue weighted by Crippen LogP contribution is 2.19. The fourth-order valence-corrected chi connectivity index (χ4v) is 2.40. The molecule has 0 saturated carbocycles. The van der Waals surface area contributed by atoms with Gasteiger partial charge >= 0.3 is 0 Å². The molecule has 0 radical (unpaired) electrons. The Morgan fingerprint density at radius 2 is 2.10 bits per heavy atom. The van der Waals surface area contributed by atoms with Crippen LogP contribution in [0.25, 0.3) is 11.3 Å². The first-order valence-electron chi connectivity index (χ1n) is 6.04. The monoisotopic (exact) mass is 284 g/mol. The summed E-state index contributed by atoms with van der Waals surface area (Å²) >= 11 is 1.38. The van der Waals surface area contributed by atoms with Crippen LogP contribution in [0.4, 0.5) is 5.13 Å². The molecule has 5 nitrogen and oxygen atoms in total. The normalized spacial score (nSPS) is 10.4. The van der Waals surface area contributed by atoms with Crippen LogP contribution in [0.15, 0.2) is 48.0 Å². The molecule has 0 aliphatic carbocycles. The van der Waals surface area contributed by atoms with Gasteiger partial charge in [-0.15, -0.1) is 11.3 Å². The van der Waals surface area contributed by atoms with Crippen LogP contribution in [0.2, 0.25) is 0 Å². The van der Waals surface area contributed by atoms with Crippen LogP contribution in [0.3, 0.4) is 0 Å². The van der Waals surface area contributed by atoms with Crippen LogP contribution < -0.4 is 5.32 Å². The molecular formula is C14H12N4OS. The minimum absolute atomic E-state index is 0.211. The summed E-state index contributed by atoms with van der Waals surface area (Å²) in [6, 6.07) is 11.5. The van der Waals surface area contributed by atoms with Crippen molar-refractivity contribution < 1.29 is 4.79 Å². The number of nitrogens with one attached hydrogen (secondary N) is 1. The SMILES string of the molecule is Cn1nc(-c2ccccc2)cc1C(=O)Nc1nccs1. The number of aromatic nitrogens is 3. The molecule has 3 aromatic rings. The van der Waals surface area contributed by atoms with Crippen LogP contribution in [-0.4, -0.2) is 20.7 Å². The maximum absolute atomic E-state index is 12.2. The Bertz CT molecular complexity index is 719. The van der Waals surface area contributed by atoms with Gasteiger partial charge in [0.1, 0.15) is 5.69 Å². The summed E-state index contributed by atoms with van der Waals surface area (Å²) in [6.07, 6.45) is 1.65. The van der Waals surface area contributed by atoms with Gasteiger partial charge in [-0.05, 0) is 6.07 Å². The Hall–Kier alpha value is -2.47. The first kappa shape index (κ1) is 12.6. The number of aryl methyl sites for hydroxylation is 1. The largest absolute Gasteiger partial charge is 0.297 e. The van der Waals surface area contributed by atoms with E-state index < -0.39 is 0 Å². The zero-order valence-corrected chi connectivity index (χ0v) is 11.6. The molecule has 0 bridgehead atoms. The van der Waals surface area contributed by atoms with E-state index in [-0.39, 0.29) is 5.91 Å². The summed E-state index contributed by atoms with van der Waals surface area (Å²) in [5.41, 5.74) is 2.26. The first-order valence-corrected chi connectivity index (χ1v) is 6.92. The number of anilines is 1. The average molecular weight is 284 g/mol. The lowest BCUT2D eigenvalue weighted by Gasteiger charge is -2.00. The van der Waals surface area contributed by atoms with E-state index in [1.807, 2.05) is 35.7 Å². The Morgan fingerprint density at radius 3 is 2.80 bits per heavy atom. The Balaban J connectivity index is 1.88. The number of nitrogens with zero attached hydrogens (tertiary/aromatic N) is 3. The van der Waals surface area contributed by atoms with Gasteiger partial charge in [0.05, 0.1) is 5.69 Å². The van der Waals surface area contributed by atoms with Gasteiger partial charge in [-0.2, -0.15) is 5.10 Å². The van der Waals surface area contributed by atoms with Crippen LogP contribution in [-0.2, 0) is 7.05 Å². The van der Waals surface area contributed by atoms with Gasteiger partial charge in [0, 0.05) is 24.2 Å².